The van der Waals surface area contributed by atoms with Crippen LogP contribution < -0.4 is 0 Å². The summed E-state index contributed by atoms with van der Waals surface area (Å²) in [5, 5.41) is 4.58. The fraction of sp³-hybridized carbons (Fsp3) is 0.700. The third-order valence-electron chi connectivity index (χ3n) is 2.82. The summed E-state index contributed by atoms with van der Waals surface area (Å²) in [5.74, 6) is 0. The minimum Gasteiger partial charge on any atom is -0.272 e. The molecule has 0 bridgehead atoms. The van der Waals surface area contributed by atoms with Gasteiger partial charge < -0.3 is 0 Å². The number of nitrogens with zero attached hydrogens (tertiary/aromatic N) is 2. The lowest BCUT2D eigenvalue weighted by Gasteiger charge is -2.15. The van der Waals surface area contributed by atoms with E-state index in [-0.39, 0.29) is 0 Å². The second-order valence-corrected chi connectivity index (χ2v) is 4.24. The number of hydrogen-bond acceptors (Lipinski definition) is 1. The van der Waals surface area contributed by atoms with Crippen LogP contribution >= 0.6 is 0 Å². The molecule has 12 heavy (non-hydrogen) atoms. The van der Waals surface area contributed by atoms with Crippen LogP contribution in [0.5, 0.6) is 0 Å². The van der Waals surface area contributed by atoms with E-state index >= 15 is 0 Å². The maximum atomic E-state index is 4.58. The van der Waals surface area contributed by atoms with Crippen LogP contribution in [0.4, 0.5) is 0 Å². The van der Waals surface area contributed by atoms with Gasteiger partial charge in [-0.25, -0.2) is 0 Å². The van der Waals surface area contributed by atoms with Gasteiger partial charge in [-0.3, -0.25) is 4.68 Å². The summed E-state index contributed by atoms with van der Waals surface area (Å²) in [5.41, 5.74) is 3.10. The molecule has 0 aliphatic heterocycles. The van der Waals surface area contributed by atoms with Crippen molar-refractivity contribution in [3.63, 3.8) is 0 Å². The number of fused-ring (bicyclic) bond motifs is 1. The first-order valence-electron chi connectivity index (χ1n) is 4.70. The molecule has 1 aliphatic carbocycles. The van der Waals surface area contributed by atoms with Gasteiger partial charge in [-0.1, -0.05) is 13.8 Å². The first-order valence-corrected chi connectivity index (χ1v) is 4.70. The Morgan fingerprint density at radius 1 is 1.58 bits per heavy atom. The van der Waals surface area contributed by atoms with Gasteiger partial charge in [0.15, 0.2) is 0 Å². The standard InChI is InChI=1S/C10H16N2/c1-4-12-7-8-5-6-10(2,3)9(8)11-12/h7H,4-6H2,1-3H3. The summed E-state index contributed by atoms with van der Waals surface area (Å²) < 4.78 is 2.05. The average molecular weight is 164 g/mol. The molecule has 2 nitrogen and oxygen atoms in total. The molecular weight excluding hydrogens is 148 g/mol. The van der Waals surface area contributed by atoms with Crippen molar-refractivity contribution in [2.75, 3.05) is 0 Å². The first-order chi connectivity index (χ1) is 5.63. The summed E-state index contributed by atoms with van der Waals surface area (Å²) in [7, 11) is 0. The highest BCUT2D eigenvalue weighted by Gasteiger charge is 2.32. The van der Waals surface area contributed by atoms with E-state index in [4.69, 9.17) is 0 Å². The van der Waals surface area contributed by atoms with E-state index < -0.39 is 0 Å². The molecule has 1 aliphatic rings. The molecule has 2 heteroatoms. The summed E-state index contributed by atoms with van der Waals surface area (Å²) in [6, 6.07) is 0. The van der Waals surface area contributed by atoms with Crippen LogP contribution in [0.2, 0.25) is 0 Å². The molecule has 0 spiro atoms. The Labute approximate surface area is 73.6 Å². The lowest BCUT2D eigenvalue weighted by Crippen LogP contribution is -2.14. The molecule has 0 saturated carbocycles. The molecule has 0 saturated heterocycles. The van der Waals surface area contributed by atoms with Gasteiger partial charge in [0.2, 0.25) is 0 Å². The third-order valence-corrected chi connectivity index (χ3v) is 2.82. The fourth-order valence-corrected chi connectivity index (χ4v) is 1.94. The van der Waals surface area contributed by atoms with Crippen molar-refractivity contribution >= 4 is 0 Å². The van der Waals surface area contributed by atoms with E-state index in [2.05, 4.69) is 32.1 Å². The van der Waals surface area contributed by atoms with Gasteiger partial charge in [0.05, 0.1) is 5.69 Å². The molecule has 0 amide bonds. The number of rotatable bonds is 1. The minimum atomic E-state index is 0.315. The molecule has 0 unspecified atom stereocenters. The number of aromatic nitrogens is 2. The highest BCUT2D eigenvalue weighted by molar-refractivity contribution is 5.30. The SMILES string of the molecule is CCn1cc2c(n1)C(C)(C)CC2. The first kappa shape index (κ1) is 7.84. The van der Waals surface area contributed by atoms with E-state index in [1.807, 2.05) is 4.68 Å². The van der Waals surface area contributed by atoms with E-state index in [0.717, 1.165) is 6.54 Å². The van der Waals surface area contributed by atoms with Crippen molar-refractivity contribution in [3.05, 3.63) is 17.5 Å². The van der Waals surface area contributed by atoms with Crippen molar-refractivity contribution < 1.29 is 0 Å². The van der Waals surface area contributed by atoms with E-state index in [1.54, 1.807) is 0 Å². The highest BCUT2D eigenvalue weighted by atomic mass is 15.3. The zero-order chi connectivity index (χ0) is 8.77. The van der Waals surface area contributed by atoms with Crippen molar-refractivity contribution in [2.45, 2.75) is 45.6 Å². The van der Waals surface area contributed by atoms with Gasteiger partial charge in [0, 0.05) is 18.2 Å². The second kappa shape index (κ2) is 2.35. The Hall–Kier alpha value is -0.790. The Kier molecular flexibility index (Phi) is 1.53. The minimum absolute atomic E-state index is 0.315. The molecule has 66 valence electrons. The molecule has 2 rings (SSSR count). The van der Waals surface area contributed by atoms with Gasteiger partial charge >= 0.3 is 0 Å². The van der Waals surface area contributed by atoms with Crippen molar-refractivity contribution in [2.24, 2.45) is 0 Å². The smallest absolute Gasteiger partial charge is 0.0712 e. The molecule has 0 radical (unpaired) electrons. The summed E-state index contributed by atoms with van der Waals surface area (Å²) in [6.45, 7) is 7.69. The van der Waals surface area contributed by atoms with Gasteiger partial charge in [-0.15, -0.1) is 0 Å². The van der Waals surface area contributed by atoms with Crippen molar-refractivity contribution in [1.29, 1.82) is 0 Å². The number of hydrogen-bond donors (Lipinski definition) is 0. The van der Waals surface area contributed by atoms with Crippen LogP contribution in [0.3, 0.4) is 0 Å². The van der Waals surface area contributed by atoms with Gasteiger partial charge in [-0.05, 0) is 25.3 Å². The highest BCUT2D eigenvalue weighted by Crippen LogP contribution is 2.36. The summed E-state index contributed by atoms with van der Waals surface area (Å²) in [4.78, 5) is 0. The third kappa shape index (κ3) is 0.977. The molecule has 1 heterocycles. The van der Waals surface area contributed by atoms with Gasteiger partial charge in [-0.2, -0.15) is 5.10 Å². The molecule has 1 aromatic rings. The van der Waals surface area contributed by atoms with E-state index in [9.17, 15) is 0 Å². The molecule has 0 aromatic carbocycles. The van der Waals surface area contributed by atoms with Crippen LogP contribution in [0.25, 0.3) is 0 Å². The molecule has 0 fully saturated rings. The molecular formula is C10H16N2. The van der Waals surface area contributed by atoms with Gasteiger partial charge in [0.25, 0.3) is 0 Å². The Bertz CT molecular complexity index is 297. The van der Waals surface area contributed by atoms with Crippen LogP contribution in [-0.2, 0) is 18.4 Å². The summed E-state index contributed by atoms with van der Waals surface area (Å²) in [6.07, 6.45) is 4.67. The monoisotopic (exact) mass is 164 g/mol. The lowest BCUT2D eigenvalue weighted by molar-refractivity contribution is 0.487. The Morgan fingerprint density at radius 3 is 2.92 bits per heavy atom. The van der Waals surface area contributed by atoms with Crippen molar-refractivity contribution in [1.82, 2.24) is 9.78 Å². The topological polar surface area (TPSA) is 17.8 Å². The predicted molar refractivity (Wildman–Crippen MR) is 49.2 cm³/mol. The van der Waals surface area contributed by atoms with E-state index in [0.29, 0.717) is 5.41 Å². The van der Waals surface area contributed by atoms with E-state index in [1.165, 1.54) is 24.1 Å². The Balaban J connectivity index is 2.44. The zero-order valence-electron chi connectivity index (χ0n) is 8.09. The van der Waals surface area contributed by atoms with Gasteiger partial charge in [0.1, 0.15) is 0 Å². The van der Waals surface area contributed by atoms with Crippen LogP contribution in [0.1, 0.15) is 38.4 Å². The quantitative estimate of drug-likeness (QED) is 0.621. The number of aryl methyl sites for hydroxylation is 2. The fourth-order valence-electron chi connectivity index (χ4n) is 1.94. The second-order valence-electron chi connectivity index (χ2n) is 4.24. The lowest BCUT2D eigenvalue weighted by atomic mass is 9.91. The predicted octanol–water partition coefficient (Wildman–Crippen LogP) is 2.13. The van der Waals surface area contributed by atoms with Crippen LogP contribution in [0, 0.1) is 0 Å². The maximum absolute atomic E-state index is 4.58. The zero-order valence-corrected chi connectivity index (χ0v) is 8.09. The largest absolute Gasteiger partial charge is 0.272 e. The molecule has 0 atom stereocenters. The molecule has 1 aromatic heterocycles. The molecule has 0 N–H and O–H groups in total. The normalized spacial score (nSPS) is 19.6. The average Bonchev–Trinajstić information content (AvgIpc) is 2.53. The van der Waals surface area contributed by atoms with Crippen LogP contribution in [0.15, 0.2) is 6.20 Å². The Morgan fingerprint density at radius 2 is 2.33 bits per heavy atom. The summed E-state index contributed by atoms with van der Waals surface area (Å²) >= 11 is 0. The maximum Gasteiger partial charge on any atom is 0.0712 e. The van der Waals surface area contributed by atoms with Crippen LogP contribution in [-0.4, -0.2) is 9.78 Å². The van der Waals surface area contributed by atoms with Crippen molar-refractivity contribution in [3.8, 4) is 0 Å².